The molecule has 16 heavy (non-hydrogen) atoms. The lowest BCUT2D eigenvalue weighted by Crippen LogP contribution is -2.59. The van der Waals surface area contributed by atoms with Crippen LogP contribution in [0.2, 0.25) is 5.15 Å². The summed E-state index contributed by atoms with van der Waals surface area (Å²) < 4.78 is 5.04. The zero-order chi connectivity index (χ0) is 12.6. The molecular weight excluding hydrogens is 299 g/mol. The third-order valence-corrected chi connectivity index (χ3v) is 2.27. The Morgan fingerprint density at radius 2 is 1.94 bits per heavy atom. The van der Waals surface area contributed by atoms with E-state index in [1.165, 1.54) is 12.3 Å². The van der Waals surface area contributed by atoms with E-state index in [-0.39, 0.29) is 10.9 Å². The van der Waals surface area contributed by atoms with Gasteiger partial charge in [0.1, 0.15) is 15.7 Å². The largest absolute Gasteiger partial charge is 0.435 e. The molecule has 0 spiro atoms. The van der Waals surface area contributed by atoms with E-state index in [1.807, 2.05) is 0 Å². The number of aliphatic hydroxyl groups is 3. The molecule has 3 N–H and O–H groups in total. The summed E-state index contributed by atoms with van der Waals surface area (Å²) in [4.78, 5) is 3.65. The van der Waals surface area contributed by atoms with Crippen LogP contribution in [-0.2, 0) is 0 Å². The number of halogens is 2. The van der Waals surface area contributed by atoms with Gasteiger partial charge in [-0.25, -0.2) is 4.98 Å². The van der Waals surface area contributed by atoms with Gasteiger partial charge in [0.05, 0.1) is 5.40 Å². The fraction of sp³-hybridized carbons (Fsp3) is 0.286. The summed E-state index contributed by atoms with van der Waals surface area (Å²) in [5.41, 5.74) is 0. The highest BCUT2D eigenvalue weighted by atomic mass is 79.9. The zero-order valence-corrected chi connectivity index (χ0v) is 10.1. The molecule has 0 saturated heterocycles. The Morgan fingerprint density at radius 1 is 1.38 bits per heavy atom. The fourth-order valence-electron chi connectivity index (χ4n) is 0.711. The van der Waals surface area contributed by atoms with Crippen LogP contribution in [0.25, 0.3) is 0 Å². The molecule has 0 unspecified atom stereocenters. The quantitative estimate of drug-likeness (QED) is 0.398. The van der Waals surface area contributed by atoms with Gasteiger partial charge < -0.3 is 20.1 Å². The molecule has 5 nitrogen and oxygen atoms in total. The number of rotatable bonds is 3. The lowest BCUT2D eigenvalue weighted by Gasteiger charge is -2.34. The molecule has 0 amide bonds. The predicted molar refractivity (Wildman–Crippen MR) is 61.2 cm³/mol. The molecule has 0 atom stereocenters. The fourth-order valence-corrected chi connectivity index (χ4v) is 1.16. The van der Waals surface area contributed by atoms with Crippen molar-refractivity contribution in [1.29, 1.82) is 0 Å². The lowest BCUT2D eigenvalue weighted by molar-refractivity contribution is -0.331. The van der Waals surface area contributed by atoms with E-state index in [1.54, 1.807) is 0 Å². The monoisotopic (exact) mass is 303 g/mol. The smallest absolute Gasteiger partial charge is 0.334 e. The van der Waals surface area contributed by atoms with Crippen molar-refractivity contribution in [2.24, 2.45) is 0 Å². The van der Waals surface area contributed by atoms with Crippen LogP contribution in [0.1, 0.15) is 0 Å². The SMILES string of the molecule is [B]C([B])(O)C(O)(O)Oc1cc(Br)cnc1Cl. The Balaban J connectivity index is 3.01. The highest BCUT2D eigenvalue weighted by Gasteiger charge is 2.42. The summed E-state index contributed by atoms with van der Waals surface area (Å²) in [7, 11) is 9.76. The topological polar surface area (TPSA) is 82.8 Å². The van der Waals surface area contributed by atoms with Crippen LogP contribution >= 0.6 is 27.5 Å². The maximum Gasteiger partial charge on any atom is 0.334 e. The molecule has 1 aromatic heterocycles. The van der Waals surface area contributed by atoms with Gasteiger partial charge in [0.25, 0.3) is 0 Å². The van der Waals surface area contributed by atoms with Gasteiger partial charge in [-0.3, -0.25) is 0 Å². The van der Waals surface area contributed by atoms with E-state index < -0.39 is 11.4 Å². The molecule has 9 heteroatoms. The van der Waals surface area contributed by atoms with Gasteiger partial charge in [0.2, 0.25) is 0 Å². The second kappa shape index (κ2) is 4.54. The Labute approximate surface area is 107 Å². The summed E-state index contributed by atoms with van der Waals surface area (Å²) in [6.07, 6.45) is 1.36. The molecule has 0 fully saturated rings. The Hall–Kier alpha value is -0.270. The average Bonchev–Trinajstić information content (AvgIpc) is 2.09. The van der Waals surface area contributed by atoms with E-state index in [2.05, 4.69) is 25.7 Å². The Bertz CT molecular complexity index is 398. The van der Waals surface area contributed by atoms with Gasteiger partial charge in [0, 0.05) is 10.7 Å². The van der Waals surface area contributed by atoms with Gasteiger partial charge in [0.15, 0.2) is 10.9 Å². The van der Waals surface area contributed by atoms with Gasteiger partial charge >= 0.3 is 5.97 Å². The Kier molecular flexibility index (Phi) is 3.91. The van der Waals surface area contributed by atoms with Crippen LogP contribution < -0.4 is 4.74 Å². The maximum atomic E-state index is 9.25. The molecule has 0 aliphatic carbocycles. The number of aromatic nitrogens is 1. The number of hydrogen-bond donors (Lipinski definition) is 3. The van der Waals surface area contributed by atoms with Crippen LogP contribution in [0.15, 0.2) is 16.7 Å². The van der Waals surface area contributed by atoms with Crippen molar-refractivity contribution in [3.05, 3.63) is 21.9 Å². The molecule has 0 bridgehead atoms. The number of hydrogen-bond acceptors (Lipinski definition) is 5. The van der Waals surface area contributed by atoms with Gasteiger partial charge in [-0.15, -0.1) is 0 Å². The molecule has 1 rings (SSSR count). The molecule has 0 aliphatic heterocycles. The van der Waals surface area contributed by atoms with E-state index in [4.69, 9.17) is 32.4 Å². The minimum absolute atomic E-state index is 0.153. The minimum Gasteiger partial charge on any atom is -0.435 e. The molecule has 1 aromatic rings. The van der Waals surface area contributed by atoms with Crippen molar-refractivity contribution in [1.82, 2.24) is 4.98 Å². The third kappa shape index (κ3) is 3.11. The number of nitrogens with zero attached hydrogens (tertiary/aromatic N) is 1. The van der Waals surface area contributed by atoms with Crippen molar-refractivity contribution < 1.29 is 20.1 Å². The lowest BCUT2D eigenvalue weighted by atomic mass is 9.63. The number of pyridine rings is 1. The zero-order valence-electron chi connectivity index (χ0n) is 7.76. The van der Waals surface area contributed by atoms with Gasteiger partial charge in [-0.05, 0) is 22.0 Å². The summed E-state index contributed by atoms with van der Waals surface area (Å²) in [6.45, 7) is 0. The van der Waals surface area contributed by atoms with E-state index in [0.717, 1.165) is 0 Å². The van der Waals surface area contributed by atoms with Crippen molar-refractivity contribution in [2.45, 2.75) is 11.4 Å². The highest BCUT2D eigenvalue weighted by molar-refractivity contribution is 9.10. The maximum absolute atomic E-state index is 9.25. The number of ether oxygens (including phenoxy) is 1. The van der Waals surface area contributed by atoms with Crippen molar-refractivity contribution in [3.63, 3.8) is 0 Å². The summed E-state index contributed by atoms with van der Waals surface area (Å²) in [5.74, 6) is -3.42. The molecule has 4 radical (unpaired) electrons. The molecule has 1 heterocycles. The average molecular weight is 304 g/mol. The van der Waals surface area contributed by atoms with Crippen LogP contribution in [-0.4, -0.2) is 47.4 Å². The first-order valence-corrected chi connectivity index (χ1v) is 5.05. The van der Waals surface area contributed by atoms with Crippen molar-refractivity contribution in [2.75, 3.05) is 0 Å². The highest BCUT2D eigenvalue weighted by Crippen LogP contribution is 2.29. The van der Waals surface area contributed by atoms with Crippen LogP contribution in [0, 0.1) is 0 Å². The van der Waals surface area contributed by atoms with E-state index >= 15 is 0 Å². The van der Waals surface area contributed by atoms with Crippen LogP contribution in [0.3, 0.4) is 0 Å². The second-order valence-corrected chi connectivity index (χ2v) is 4.25. The summed E-state index contributed by atoms with van der Waals surface area (Å²) >= 11 is 8.67. The Morgan fingerprint density at radius 3 is 2.44 bits per heavy atom. The molecule has 82 valence electrons. The van der Waals surface area contributed by atoms with E-state index in [9.17, 15) is 10.2 Å². The summed E-state index contributed by atoms with van der Waals surface area (Å²) in [5, 5.41) is 24.5. The second-order valence-electron chi connectivity index (χ2n) is 2.98. The standard InChI is InChI=1S/C7H5B2BrClNO4/c8-6(9,13)7(14,15)16-4-1-3(10)2-12-5(4)11/h1-2,13-15H. The van der Waals surface area contributed by atoms with Crippen molar-refractivity contribution >= 4 is 43.2 Å². The normalized spacial score (nSPS) is 12.6. The molecule has 0 saturated carbocycles. The first kappa shape index (κ1) is 13.8. The molecule has 0 aromatic carbocycles. The van der Waals surface area contributed by atoms with Crippen LogP contribution in [0.4, 0.5) is 0 Å². The first-order valence-electron chi connectivity index (χ1n) is 3.88. The third-order valence-electron chi connectivity index (χ3n) is 1.55. The molecular formula is C7H5B2BrClNO4. The van der Waals surface area contributed by atoms with Gasteiger partial charge in [-0.2, -0.15) is 0 Å². The summed E-state index contributed by atoms with van der Waals surface area (Å²) in [6, 6.07) is 1.29. The van der Waals surface area contributed by atoms with Gasteiger partial charge in [-0.1, -0.05) is 11.6 Å². The van der Waals surface area contributed by atoms with E-state index in [0.29, 0.717) is 4.47 Å². The minimum atomic E-state index is -3.21. The first-order chi connectivity index (χ1) is 7.13. The predicted octanol–water partition coefficient (Wildman–Crippen LogP) is -0.502. The van der Waals surface area contributed by atoms with Crippen molar-refractivity contribution in [3.8, 4) is 5.75 Å². The molecule has 0 aliphatic rings. The van der Waals surface area contributed by atoms with Crippen LogP contribution in [0.5, 0.6) is 5.75 Å².